The molecule has 18 heavy (non-hydrogen) atoms. The molecule has 0 aliphatic heterocycles. The molecule has 98 valence electrons. The second-order valence-corrected chi connectivity index (χ2v) is 4.91. The molecule has 0 radical (unpaired) electrons. The van der Waals surface area contributed by atoms with Crippen molar-refractivity contribution in [1.82, 2.24) is 0 Å². The highest BCUT2D eigenvalue weighted by Crippen LogP contribution is 2.46. The van der Waals surface area contributed by atoms with Crippen molar-refractivity contribution in [2.75, 3.05) is 13.7 Å². The van der Waals surface area contributed by atoms with Crippen molar-refractivity contribution in [3.8, 4) is 5.75 Å². The number of hydrogen-bond acceptors (Lipinski definition) is 3. The van der Waals surface area contributed by atoms with Gasteiger partial charge in [0, 0.05) is 0 Å². The van der Waals surface area contributed by atoms with Gasteiger partial charge in [0.25, 0.3) is 0 Å². The van der Waals surface area contributed by atoms with Gasteiger partial charge in [0.05, 0.1) is 24.2 Å². The zero-order valence-electron chi connectivity index (χ0n) is 10.7. The summed E-state index contributed by atoms with van der Waals surface area (Å²) in [5.74, 6) is 0.483. The molecule has 1 fully saturated rings. The molecule has 1 aromatic carbocycles. The summed E-state index contributed by atoms with van der Waals surface area (Å²) in [5, 5.41) is 0.546. The largest absolute Gasteiger partial charge is 0.492 e. The van der Waals surface area contributed by atoms with Crippen LogP contribution in [0.4, 0.5) is 0 Å². The molecular formula is C14H17ClO3. The quantitative estimate of drug-likeness (QED) is 0.786. The molecule has 3 nitrogen and oxygen atoms in total. The number of rotatable bonds is 4. The average molecular weight is 269 g/mol. The number of carbonyl (C=O) groups is 1. The molecule has 0 saturated heterocycles. The van der Waals surface area contributed by atoms with Gasteiger partial charge in [-0.15, -0.1) is 0 Å². The predicted octanol–water partition coefficient (Wildman–Crippen LogP) is 3.33. The van der Waals surface area contributed by atoms with Crippen LogP contribution in [0.1, 0.15) is 31.7 Å². The number of ether oxygens (including phenoxy) is 2. The van der Waals surface area contributed by atoms with Crippen LogP contribution >= 0.6 is 11.6 Å². The van der Waals surface area contributed by atoms with E-state index in [9.17, 15) is 4.79 Å². The van der Waals surface area contributed by atoms with E-state index in [-0.39, 0.29) is 5.97 Å². The van der Waals surface area contributed by atoms with Crippen LogP contribution in [-0.2, 0) is 14.9 Å². The Morgan fingerprint density at radius 1 is 1.44 bits per heavy atom. The number of methoxy groups -OCH3 is 1. The predicted molar refractivity (Wildman–Crippen MR) is 70.2 cm³/mol. The molecule has 0 spiro atoms. The molecule has 1 aliphatic carbocycles. The Morgan fingerprint density at radius 3 is 2.61 bits per heavy atom. The molecule has 1 aliphatic rings. The van der Waals surface area contributed by atoms with Crippen molar-refractivity contribution in [2.24, 2.45) is 0 Å². The van der Waals surface area contributed by atoms with Crippen LogP contribution in [0.15, 0.2) is 18.2 Å². The molecule has 0 N–H and O–H groups in total. The summed E-state index contributed by atoms with van der Waals surface area (Å²) < 4.78 is 10.3. The number of esters is 1. The molecule has 0 unspecified atom stereocenters. The molecule has 0 heterocycles. The minimum atomic E-state index is -0.497. The SMILES string of the molecule is CCOc1ccc(C2(C(=O)OC)CCC2)cc1Cl. The fourth-order valence-electron chi connectivity index (χ4n) is 2.41. The van der Waals surface area contributed by atoms with Crippen LogP contribution in [0.5, 0.6) is 5.75 Å². The zero-order chi connectivity index (χ0) is 13.2. The summed E-state index contributed by atoms with van der Waals surface area (Å²) >= 11 is 6.17. The van der Waals surface area contributed by atoms with Crippen LogP contribution in [0.3, 0.4) is 0 Å². The molecule has 4 heteroatoms. The number of carbonyl (C=O) groups excluding carboxylic acids is 1. The van der Waals surface area contributed by atoms with Crippen LogP contribution in [0, 0.1) is 0 Å². The number of halogens is 1. The van der Waals surface area contributed by atoms with Crippen LogP contribution in [0.2, 0.25) is 5.02 Å². The maximum absolute atomic E-state index is 11.9. The lowest BCUT2D eigenvalue weighted by Crippen LogP contribution is -2.43. The summed E-state index contributed by atoms with van der Waals surface area (Å²) in [5.41, 5.74) is 0.428. The third-order valence-electron chi connectivity index (χ3n) is 3.57. The van der Waals surface area contributed by atoms with E-state index >= 15 is 0 Å². The average Bonchev–Trinajstić information content (AvgIpc) is 2.31. The van der Waals surface area contributed by atoms with Gasteiger partial charge in [0.2, 0.25) is 0 Å². The van der Waals surface area contributed by atoms with E-state index in [1.807, 2.05) is 25.1 Å². The molecule has 1 aromatic rings. The third kappa shape index (κ3) is 2.07. The van der Waals surface area contributed by atoms with Crippen molar-refractivity contribution in [1.29, 1.82) is 0 Å². The highest BCUT2D eigenvalue weighted by Gasteiger charge is 2.46. The molecular weight excluding hydrogens is 252 g/mol. The fraction of sp³-hybridized carbons (Fsp3) is 0.500. The van der Waals surface area contributed by atoms with Crippen LogP contribution in [0.25, 0.3) is 0 Å². The van der Waals surface area contributed by atoms with Gasteiger partial charge in [-0.1, -0.05) is 24.1 Å². The van der Waals surface area contributed by atoms with Gasteiger partial charge >= 0.3 is 5.97 Å². The first-order chi connectivity index (χ1) is 8.64. The molecule has 2 rings (SSSR count). The van der Waals surface area contributed by atoms with Gasteiger partial charge in [-0.25, -0.2) is 0 Å². The number of benzene rings is 1. The van der Waals surface area contributed by atoms with E-state index in [2.05, 4.69) is 0 Å². The maximum atomic E-state index is 11.9. The highest BCUT2D eigenvalue weighted by molar-refractivity contribution is 6.32. The summed E-state index contributed by atoms with van der Waals surface area (Å²) in [6, 6.07) is 5.56. The summed E-state index contributed by atoms with van der Waals surface area (Å²) in [4.78, 5) is 11.9. The molecule has 0 bridgehead atoms. The summed E-state index contributed by atoms with van der Waals surface area (Å²) in [6.45, 7) is 2.48. The Bertz CT molecular complexity index is 452. The van der Waals surface area contributed by atoms with E-state index in [1.54, 1.807) is 0 Å². The van der Waals surface area contributed by atoms with Crippen molar-refractivity contribution >= 4 is 17.6 Å². The third-order valence-corrected chi connectivity index (χ3v) is 3.86. The molecule has 1 saturated carbocycles. The van der Waals surface area contributed by atoms with Gasteiger partial charge < -0.3 is 9.47 Å². The van der Waals surface area contributed by atoms with E-state index in [1.165, 1.54) is 7.11 Å². The molecule has 0 amide bonds. The monoisotopic (exact) mass is 268 g/mol. The normalized spacial score (nSPS) is 16.8. The second-order valence-electron chi connectivity index (χ2n) is 4.51. The summed E-state index contributed by atoms with van der Waals surface area (Å²) in [6.07, 6.45) is 2.69. The fourth-order valence-corrected chi connectivity index (χ4v) is 2.64. The Morgan fingerprint density at radius 2 is 2.17 bits per heavy atom. The first-order valence-corrected chi connectivity index (χ1v) is 6.53. The summed E-state index contributed by atoms with van der Waals surface area (Å²) in [7, 11) is 1.43. The minimum absolute atomic E-state index is 0.172. The van der Waals surface area contributed by atoms with Crippen molar-refractivity contribution in [3.63, 3.8) is 0 Å². The lowest BCUT2D eigenvalue weighted by atomic mass is 9.64. The second kappa shape index (κ2) is 5.19. The van der Waals surface area contributed by atoms with Gasteiger partial charge in [0.15, 0.2) is 0 Å². The smallest absolute Gasteiger partial charge is 0.316 e. The van der Waals surface area contributed by atoms with E-state index in [0.717, 1.165) is 24.8 Å². The van der Waals surface area contributed by atoms with Crippen LogP contribution < -0.4 is 4.74 Å². The minimum Gasteiger partial charge on any atom is -0.492 e. The topological polar surface area (TPSA) is 35.5 Å². The lowest BCUT2D eigenvalue weighted by Gasteiger charge is -2.39. The van der Waals surface area contributed by atoms with E-state index in [0.29, 0.717) is 17.4 Å². The Balaban J connectivity index is 2.33. The lowest BCUT2D eigenvalue weighted by molar-refractivity contribution is -0.151. The standard InChI is InChI=1S/C14H17ClO3/c1-3-18-12-6-5-10(9-11(12)15)14(7-4-8-14)13(16)17-2/h5-6,9H,3-4,7-8H2,1-2H3. The zero-order valence-corrected chi connectivity index (χ0v) is 11.4. The maximum Gasteiger partial charge on any atom is 0.316 e. The number of hydrogen-bond donors (Lipinski definition) is 0. The van der Waals surface area contributed by atoms with Crippen molar-refractivity contribution in [2.45, 2.75) is 31.6 Å². The van der Waals surface area contributed by atoms with Crippen molar-refractivity contribution in [3.05, 3.63) is 28.8 Å². The Labute approximate surface area is 112 Å². The van der Waals surface area contributed by atoms with Gasteiger partial charge in [0.1, 0.15) is 5.75 Å². The molecule has 0 aromatic heterocycles. The first-order valence-electron chi connectivity index (χ1n) is 6.15. The molecule has 0 atom stereocenters. The Hall–Kier alpha value is -1.22. The van der Waals surface area contributed by atoms with Crippen molar-refractivity contribution < 1.29 is 14.3 Å². The van der Waals surface area contributed by atoms with Gasteiger partial charge in [-0.05, 0) is 37.5 Å². The van der Waals surface area contributed by atoms with E-state index < -0.39 is 5.41 Å². The van der Waals surface area contributed by atoms with Gasteiger partial charge in [-0.2, -0.15) is 0 Å². The Kier molecular flexibility index (Phi) is 3.81. The van der Waals surface area contributed by atoms with Gasteiger partial charge in [-0.3, -0.25) is 4.79 Å². The van der Waals surface area contributed by atoms with Crippen LogP contribution in [-0.4, -0.2) is 19.7 Å². The van der Waals surface area contributed by atoms with E-state index in [4.69, 9.17) is 21.1 Å². The highest BCUT2D eigenvalue weighted by atomic mass is 35.5. The first kappa shape index (κ1) is 13.2.